The molecule has 2 aromatic carbocycles. The summed E-state index contributed by atoms with van der Waals surface area (Å²) in [5.74, 6) is -0.438. The fourth-order valence-corrected chi connectivity index (χ4v) is 2.66. The maximum absolute atomic E-state index is 11.0. The Morgan fingerprint density at radius 1 is 0.800 bits per heavy atom. The second-order valence-electron chi connectivity index (χ2n) is 3.78. The Morgan fingerprint density at radius 2 is 1.30 bits per heavy atom. The van der Waals surface area contributed by atoms with Gasteiger partial charge in [-0.25, -0.2) is 0 Å². The quantitative estimate of drug-likeness (QED) is 0.599. The normalized spacial score (nSPS) is 12.1. The molecule has 0 aliphatic rings. The lowest BCUT2D eigenvalue weighted by Gasteiger charge is -2.05. The van der Waals surface area contributed by atoms with Crippen molar-refractivity contribution in [3.63, 3.8) is 0 Å². The molecule has 0 aliphatic carbocycles. The summed E-state index contributed by atoms with van der Waals surface area (Å²) < 4.78 is 61.7. The standard InChI is InChI=1S/C10H8O7S2.H3N/c11-10-5-8(19(15,16)17)4-6-3-7(18(12,13)14)1-2-9(6)10;/h1-5,11H,(H,12,13,14)(H,15,16,17);1H3. The third kappa shape index (κ3) is 3.05. The highest BCUT2D eigenvalue weighted by Gasteiger charge is 2.16. The second kappa shape index (κ2) is 5.00. The van der Waals surface area contributed by atoms with Gasteiger partial charge >= 0.3 is 0 Å². The average molecular weight is 321 g/mol. The SMILES string of the molecule is N.O=S(=O)(O)c1ccc2c(O)cc(S(=O)(=O)O)cc2c1. The number of rotatable bonds is 2. The molecular weight excluding hydrogens is 310 g/mol. The predicted molar refractivity (Wildman–Crippen MR) is 70.3 cm³/mol. The molecule has 0 bridgehead atoms. The smallest absolute Gasteiger partial charge is 0.294 e. The molecule has 110 valence electrons. The van der Waals surface area contributed by atoms with Gasteiger partial charge in [0, 0.05) is 11.5 Å². The van der Waals surface area contributed by atoms with Crippen LogP contribution in [0.3, 0.4) is 0 Å². The largest absolute Gasteiger partial charge is 0.507 e. The van der Waals surface area contributed by atoms with E-state index >= 15 is 0 Å². The molecule has 0 amide bonds. The zero-order valence-corrected chi connectivity index (χ0v) is 11.5. The van der Waals surface area contributed by atoms with Gasteiger partial charge in [0.15, 0.2) is 0 Å². The number of benzene rings is 2. The maximum atomic E-state index is 11.0. The molecular formula is C10H11NO7S2. The minimum atomic E-state index is -4.54. The number of aromatic hydroxyl groups is 1. The Hall–Kier alpha value is -1.72. The van der Waals surface area contributed by atoms with E-state index in [1.807, 2.05) is 0 Å². The molecule has 2 rings (SSSR count). The summed E-state index contributed by atoms with van der Waals surface area (Å²) in [7, 11) is -8.99. The Morgan fingerprint density at radius 3 is 1.80 bits per heavy atom. The minimum Gasteiger partial charge on any atom is -0.507 e. The van der Waals surface area contributed by atoms with Gasteiger partial charge in [0.2, 0.25) is 0 Å². The molecule has 8 nitrogen and oxygen atoms in total. The molecule has 6 N–H and O–H groups in total. The number of hydrogen-bond donors (Lipinski definition) is 4. The van der Waals surface area contributed by atoms with Gasteiger partial charge in [-0.2, -0.15) is 16.8 Å². The van der Waals surface area contributed by atoms with Crippen molar-refractivity contribution < 1.29 is 31.0 Å². The summed E-state index contributed by atoms with van der Waals surface area (Å²) in [5, 5.41) is 9.85. The molecule has 2 aromatic rings. The predicted octanol–water partition coefficient (Wildman–Crippen LogP) is 1.20. The van der Waals surface area contributed by atoms with Crippen molar-refractivity contribution in [3.8, 4) is 5.75 Å². The van der Waals surface area contributed by atoms with Crippen LogP contribution in [0.2, 0.25) is 0 Å². The lowest BCUT2D eigenvalue weighted by atomic mass is 10.1. The Bertz CT molecular complexity index is 867. The van der Waals surface area contributed by atoms with Gasteiger partial charge in [0.05, 0.1) is 9.79 Å². The van der Waals surface area contributed by atoms with Crippen molar-refractivity contribution in [2.45, 2.75) is 9.79 Å². The van der Waals surface area contributed by atoms with E-state index in [9.17, 15) is 21.9 Å². The van der Waals surface area contributed by atoms with Crippen LogP contribution >= 0.6 is 0 Å². The first-order valence-electron chi connectivity index (χ1n) is 4.81. The molecule has 0 atom stereocenters. The lowest BCUT2D eigenvalue weighted by molar-refractivity contribution is 0.471. The van der Waals surface area contributed by atoms with Gasteiger partial charge in [-0.05, 0) is 29.7 Å². The van der Waals surface area contributed by atoms with Crippen LogP contribution in [0.5, 0.6) is 5.75 Å². The topological polar surface area (TPSA) is 164 Å². The molecule has 0 aromatic heterocycles. The molecule has 10 heteroatoms. The number of phenols is 1. The molecule has 0 unspecified atom stereocenters. The van der Waals surface area contributed by atoms with Crippen LogP contribution < -0.4 is 6.15 Å². The van der Waals surface area contributed by atoms with Crippen molar-refractivity contribution in [1.82, 2.24) is 6.15 Å². The Balaban J connectivity index is 0.00000200. The maximum Gasteiger partial charge on any atom is 0.294 e. The molecule has 0 aliphatic heterocycles. The van der Waals surface area contributed by atoms with E-state index < -0.39 is 35.8 Å². The van der Waals surface area contributed by atoms with Gasteiger partial charge in [-0.3, -0.25) is 9.11 Å². The van der Waals surface area contributed by atoms with Crippen LogP contribution in [0.25, 0.3) is 10.8 Å². The van der Waals surface area contributed by atoms with Crippen LogP contribution in [0, 0.1) is 0 Å². The molecule has 0 saturated carbocycles. The summed E-state index contributed by atoms with van der Waals surface area (Å²) in [6.45, 7) is 0. The van der Waals surface area contributed by atoms with Crippen molar-refractivity contribution in [2.75, 3.05) is 0 Å². The van der Waals surface area contributed by atoms with Crippen LogP contribution in [-0.4, -0.2) is 31.0 Å². The Kier molecular flexibility index (Phi) is 4.08. The summed E-state index contributed by atoms with van der Waals surface area (Å²) in [6.07, 6.45) is 0. The summed E-state index contributed by atoms with van der Waals surface area (Å²) >= 11 is 0. The monoisotopic (exact) mass is 321 g/mol. The second-order valence-corrected chi connectivity index (χ2v) is 6.62. The third-order valence-corrected chi connectivity index (χ3v) is 4.15. The fourth-order valence-electron chi connectivity index (χ4n) is 1.61. The van der Waals surface area contributed by atoms with E-state index in [1.165, 1.54) is 6.07 Å². The average Bonchev–Trinajstić information content (AvgIpc) is 2.25. The summed E-state index contributed by atoms with van der Waals surface area (Å²) in [6, 6.07) is 5.08. The number of hydrogen-bond acceptors (Lipinski definition) is 6. The molecule has 0 radical (unpaired) electrons. The first-order valence-corrected chi connectivity index (χ1v) is 7.69. The molecule has 20 heavy (non-hydrogen) atoms. The fraction of sp³-hybridized carbons (Fsp3) is 0. The van der Waals surface area contributed by atoms with Crippen molar-refractivity contribution in [1.29, 1.82) is 0 Å². The highest BCUT2D eigenvalue weighted by molar-refractivity contribution is 7.86. The molecule has 0 saturated heterocycles. The first-order chi connectivity index (χ1) is 8.59. The lowest BCUT2D eigenvalue weighted by Crippen LogP contribution is -1.99. The molecule has 0 spiro atoms. The zero-order chi connectivity index (χ0) is 14.4. The summed E-state index contributed by atoms with van der Waals surface area (Å²) in [5.41, 5.74) is 0. The van der Waals surface area contributed by atoms with Crippen LogP contribution in [0.1, 0.15) is 0 Å². The Labute approximate surface area is 114 Å². The highest BCUT2D eigenvalue weighted by Crippen LogP contribution is 2.30. The minimum absolute atomic E-state index is 0. The number of fused-ring (bicyclic) bond motifs is 1. The van der Waals surface area contributed by atoms with Crippen molar-refractivity contribution in [3.05, 3.63) is 30.3 Å². The van der Waals surface area contributed by atoms with Gasteiger partial charge in [0.1, 0.15) is 5.75 Å². The summed E-state index contributed by atoms with van der Waals surface area (Å²) in [4.78, 5) is -1.03. The van der Waals surface area contributed by atoms with Crippen molar-refractivity contribution >= 4 is 31.0 Å². The molecule has 0 heterocycles. The van der Waals surface area contributed by atoms with Crippen LogP contribution in [0.4, 0.5) is 0 Å². The highest BCUT2D eigenvalue weighted by atomic mass is 32.2. The van der Waals surface area contributed by atoms with E-state index in [1.54, 1.807) is 0 Å². The van der Waals surface area contributed by atoms with Gasteiger partial charge < -0.3 is 11.3 Å². The van der Waals surface area contributed by atoms with E-state index in [0.29, 0.717) is 0 Å². The number of phenolic OH excluding ortho intramolecular Hbond substituents is 1. The van der Waals surface area contributed by atoms with E-state index in [-0.39, 0.29) is 16.9 Å². The van der Waals surface area contributed by atoms with Gasteiger partial charge in [-0.1, -0.05) is 0 Å². The van der Waals surface area contributed by atoms with Crippen LogP contribution in [0.15, 0.2) is 40.1 Å². The van der Waals surface area contributed by atoms with Gasteiger partial charge in [0.25, 0.3) is 20.2 Å². The van der Waals surface area contributed by atoms with Crippen LogP contribution in [-0.2, 0) is 20.2 Å². The van der Waals surface area contributed by atoms with E-state index in [4.69, 9.17) is 9.11 Å². The van der Waals surface area contributed by atoms with E-state index in [2.05, 4.69) is 0 Å². The third-order valence-electron chi connectivity index (χ3n) is 2.47. The zero-order valence-electron chi connectivity index (χ0n) is 9.88. The van der Waals surface area contributed by atoms with Crippen molar-refractivity contribution in [2.24, 2.45) is 0 Å². The van der Waals surface area contributed by atoms with Gasteiger partial charge in [-0.15, -0.1) is 0 Å². The van der Waals surface area contributed by atoms with E-state index in [0.717, 1.165) is 24.3 Å². The first kappa shape index (κ1) is 16.3. The molecule has 0 fully saturated rings.